The summed E-state index contributed by atoms with van der Waals surface area (Å²) in [5, 5.41) is 10.9. The molecule has 3 aromatic rings. The number of rotatable bonds is 2. The third kappa shape index (κ3) is 2.94. The smallest absolute Gasteiger partial charge is 0.339 e. The predicted molar refractivity (Wildman–Crippen MR) is 112 cm³/mol. The number of hydrogen-bond acceptors (Lipinski definition) is 2. The van der Waals surface area contributed by atoms with Crippen LogP contribution in [0.4, 0.5) is 0 Å². The highest BCUT2D eigenvalue weighted by Gasteiger charge is 2.37. The molecule has 1 aromatic heterocycles. The number of H-pyrrole nitrogens is 1. The number of nitrogens with zero attached hydrogens (tertiary/aromatic N) is 1. The molecule has 0 fully saturated rings. The Bertz CT molecular complexity index is 1140. The van der Waals surface area contributed by atoms with Crippen LogP contribution < -0.4 is 0 Å². The first-order chi connectivity index (χ1) is 13.3. The number of hydrogen-bond donors (Lipinski definition) is 2. The molecule has 6 heteroatoms. The number of fused-ring (bicyclic) bond motifs is 3. The van der Waals surface area contributed by atoms with E-state index in [1.807, 2.05) is 44.2 Å². The van der Waals surface area contributed by atoms with E-state index in [4.69, 9.17) is 0 Å². The molecule has 2 heterocycles. The van der Waals surface area contributed by atoms with Gasteiger partial charge in [-0.3, -0.25) is 4.79 Å². The number of halogens is 1. The number of benzene rings is 2. The number of aromatic amines is 1. The summed E-state index contributed by atoms with van der Waals surface area (Å²) in [4.78, 5) is 30.1. The minimum atomic E-state index is -1.07. The van der Waals surface area contributed by atoms with Crippen molar-refractivity contribution < 1.29 is 14.7 Å². The van der Waals surface area contributed by atoms with Gasteiger partial charge in [-0.15, -0.1) is 0 Å². The van der Waals surface area contributed by atoms with Gasteiger partial charge in [0.05, 0.1) is 16.8 Å². The lowest BCUT2D eigenvalue weighted by Crippen LogP contribution is -2.37. The van der Waals surface area contributed by atoms with Gasteiger partial charge < -0.3 is 15.0 Å². The molecule has 2 aromatic carbocycles. The number of nitrogens with one attached hydrogen (secondary N) is 1. The maximum absolute atomic E-state index is 13.2. The number of carboxylic acids is 1. The van der Waals surface area contributed by atoms with E-state index in [0.29, 0.717) is 22.3 Å². The van der Waals surface area contributed by atoms with Crippen molar-refractivity contribution in [1.82, 2.24) is 9.88 Å². The highest BCUT2D eigenvalue weighted by Crippen LogP contribution is 2.40. The number of aliphatic carboxylic acids is 1. The molecule has 1 aliphatic heterocycles. The van der Waals surface area contributed by atoms with Gasteiger partial charge >= 0.3 is 5.97 Å². The molecule has 0 bridgehead atoms. The highest BCUT2D eigenvalue weighted by molar-refractivity contribution is 9.10. The zero-order chi connectivity index (χ0) is 20.1. The van der Waals surface area contributed by atoms with Gasteiger partial charge in [-0.05, 0) is 39.7 Å². The summed E-state index contributed by atoms with van der Waals surface area (Å²) < 4.78 is 0.677. The van der Waals surface area contributed by atoms with E-state index in [-0.39, 0.29) is 11.5 Å². The van der Waals surface area contributed by atoms with Gasteiger partial charge in [-0.25, -0.2) is 4.79 Å². The Morgan fingerprint density at radius 2 is 1.79 bits per heavy atom. The van der Waals surface area contributed by atoms with Crippen molar-refractivity contribution >= 4 is 44.3 Å². The lowest BCUT2D eigenvalue weighted by atomic mass is 9.81. The topological polar surface area (TPSA) is 73.4 Å². The summed E-state index contributed by atoms with van der Waals surface area (Å²) in [6.45, 7) is 4.43. The molecule has 0 unspecified atom stereocenters. The Kier molecular flexibility index (Phi) is 4.38. The van der Waals surface area contributed by atoms with Crippen LogP contribution >= 0.6 is 15.9 Å². The van der Waals surface area contributed by atoms with Crippen molar-refractivity contribution in [2.75, 3.05) is 6.54 Å². The molecule has 2 N–H and O–H groups in total. The molecule has 1 amide bonds. The van der Waals surface area contributed by atoms with Crippen LogP contribution in [-0.2, 0) is 10.2 Å². The molecule has 0 radical (unpaired) electrons. The van der Waals surface area contributed by atoms with Crippen molar-refractivity contribution in [3.63, 3.8) is 0 Å². The van der Waals surface area contributed by atoms with Crippen molar-refractivity contribution in [2.24, 2.45) is 0 Å². The molecule has 5 nitrogen and oxygen atoms in total. The van der Waals surface area contributed by atoms with E-state index < -0.39 is 11.4 Å². The Labute approximate surface area is 170 Å². The lowest BCUT2D eigenvalue weighted by Gasteiger charge is -2.30. The van der Waals surface area contributed by atoms with Crippen molar-refractivity contribution in [1.29, 1.82) is 0 Å². The van der Waals surface area contributed by atoms with Gasteiger partial charge in [-0.2, -0.15) is 0 Å². The average molecular weight is 439 g/mol. The molecule has 4 rings (SSSR count). The number of carbonyl (C=O) groups excluding carboxylic acids is 1. The molecule has 28 heavy (non-hydrogen) atoms. The molecule has 0 aliphatic carbocycles. The fourth-order valence-corrected chi connectivity index (χ4v) is 4.35. The van der Waals surface area contributed by atoms with Crippen LogP contribution in [-0.4, -0.2) is 33.4 Å². The van der Waals surface area contributed by atoms with Crippen LogP contribution in [0.15, 0.2) is 59.2 Å². The van der Waals surface area contributed by atoms with Crippen LogP contribution in [0.3, 0.4) is 0 Å². The number of para-hydroxylation sites is 1. The van der Waals surface area contributed by atoms with Gasteiger partial charge in [0, 0.05) is 33.5 Å². The average Bonchev–Trinajstić information content (AvgIpc) is 2.99. The van der Waals surface area contributed by atoms with Gasteiger partial charge in [-0.1, -0.05) is 44.2 Å². The summed E-state index contributed by atoms with van der Waals surface area (Å²) >= 11 is 3.42. The van der Waals surface area contributed by atoms with Crippen molar-refractivity contribution in [3.05, 3.63) is 76.0 Å². The van der Waals surface area contributed by atoms with E-state index in [1.165, 1.54) is 11.1 Å². The SMILES string of the molecule is CC1(C)CN(C(=O)c2ccccc2Br)C=C(C(=O)O)c2[nH]c3ccccc3c21. The lowest BCUT2D eigenvalue weighted by molar-refractivity contribution is -0.130. The molecule has 1 aliphatic rings. The number of amides is 1. The Balaban J connectivity index is 1.92. The van der Waals surface area contributed by atoms with Gasteiger partial charge in [0.25, 0.3) is 5.91 Å². The summed E-state index contributed by atoms with van der Waals surface area (Å²) in [5.74, 6) is -1.32. The quantitative estimate of drug-likeness (QED) is 0.603. The standard InChI is InChI=1S/C22H19BrN2O3/c1-22(2)12-25(20(26)13-7-3-5-9-16(13)23)11-15(21(27)28)19-18(22)14-8-4-6-10-17(14)24-19/h3-11,24H,12H2,1-2H3,(H,27,28). The molecule has 142 valence electrons. The maximum Gasteiger partial charge on any atom is 0.339 e. The molecular weight excluding hydrogens is 420 g/mol. The Morgan fingerprint density at radius 1 is 1.11 bits per heavy atom. The zero-order valence-corrected chi connectivity index (χ0v) is 17.1. The predicted octanol–water partition coefficient (Wildman–Crippen LogP) is 4.79. The molecular formula is C22H19BrN2O3. The second-order valence-electron chi connectivity index (χ2n) is 7.57. The van der Waals surface area contributed by atoms with E-state index in [9.17, 15) is 14.7 Å². The first-order valence-corrected chi connectivity index (χ1v) is 9.71. The van der Waals surface area contributed by atoms with Crippen LogP contribution in [0.1, 0.15) is 35.5 Å². The third-order valence-corrected chi connectivity index (χ3v) is 5.79. The second kappa shape index (κ2) is 6.63. The molecule has 0 spiro atoms. The van der Waals surface area contributed by atoms with Crippen molar-refractivity contribution in [2.45, 2.75) is 19.3 Å². The maximum atomic E-state index is 13.2. The minimum Gasteiger partial charge on any atom is -0.478 e. The highest BCUT2D eigenvalue weighted by atomic mass is 79.9. The van der Waals surface area contributed by atoms with Gasteiger partial charge in [0.15, 0.2) is 0 Å². The van der Waals surface area contributed by atoms with Crippen LogP contribution in [0.25, 0.3) is 16.5 Å². The van der Waals surface area contributed by atoms with E-state index in [0.717, 1.165) is 16.5 Å². The van der Waals surface area contributed by atoms with Crippen molar-refractivity contribution in [3.8, 4) is 0 Å². The van der Waals surface area contributed by atoms with Gasteiger partial charge in [0.1, 0.15) is 0 Å². The first-order valence-electron chi connectivity index (χ1n) is 8.92. The second-order valence-corrected chi connectivity index (χ2v) is 8.42. The molecule has 0 saturated carbocycles. The molecule has 0 atom stereocenters. The number of aromatic nitrogens is 1. The fourth-order valence-electron chi connectivity index (χ4n) is 3.90. The van der Waals surface area contributed by atoms with E-state index >= 15 is 0 Å². The summed E-state index contributed by atoms with van der Waals surface area (Å²) in [6.07, 6.45) is 1.45. The summed E-state index contributed by atoms with van der Waals surface area (Å²) in [5.41, 5.74) is 2.48. The first kappa shape index (κ1) is 18.5. The Morgan fingerprint density at radius 3 is 2.50 bits per heavy atom. The molecule has 0 saturated heterocycles. The van der Waals surface area contributed by atoms with Gasteiger partial charge in [0.2, 0.25) is 0 Å². The van der Waals surface area contributed by atoms with Crippen LogP contribution in [0.5, 0.6) is 0 Å². The third-order valence-electron chi connectivity index (χ3n) is 5.10. The fraction of sp³-hybridized carbons (Fsp3) is 0.182. The number of carboxylic acid groups (broad SMARTS) is 1. The monoisotopic (exact) mass is 438 g/mol. The van der Waals surface area contributed by atoms with Crippen LogP contribution in [0.2, 0.25) is 0 Å². The van der Waals surface area contributed by atoms with Crippen LogP contribution in [0, 0.1) is 0 Å². The largest absolute Gasteiger partial charge is 0.478 e. The zero-order valence-electron chi connectivity index (χ0n) is 15.5. The normalized spacial score (nSPS) is 15.7. The van der Waals surface area contributed by atoms with E-state index in [1.54, 1.807) is 18.2 Å². The summed E-state index contributed by atoms with van der Waals surface area (Å²) in [7, 11) is 0. The number of carbonyl (C=O) groups is 2. The Hall–Kier alpha value is -2.86. The summed E-state index contributed by atoms with van der Waals surface area (Å²) in [6, 6.07) is 14.9. The minimum absolute atomic E-state index is 0.0807. The van der Waals surface area contributed by atoms with E-state index in [2.05, 4.69) is 20.9 Å².